The second-order valence-corrected chi connectivity index (χ2v) is 7.12. The minimum Gasteiger partial charge on any atom is -0.491 e. The van der Waals surface area contributed by atoms with Gasteiger partial charge in [-0.15, -0.1) is 0 Å². The molecule has 2 aromatic carbocycles. The summed E-state index contributed by atoms with van der Waals surface area (Å²) in [6.07, 6.45) is -2.05. The highest BCUT2D eigenvalue weighted by molar-refractivity contribution is 5.63. The Bertz CT molecular complexity index is 1010. The van der Waals surface area contributed by atoms with Crippen LogP contribution in [0.1, 0.15) is 38.3 Å². The topological polar surface area (TPSA) is 59.1 Å². The maximum absolute atomic E-state index is 13.5. The number of hydrogen-bond donors (Lipinski definition) is 2. The van der Waals surface area contributed by atoms with Crippen molar-refractivity contribution in [2.24, 2.45) is 0 Å². The molecule has 0 aliphatic carbocycles. The SMILES string of the molecule is CCc1cccc(Nc2nc(Nc3ccc(OC(C)CC)cc3)ncc2C(F)(F)F)c1. The van der Waals surface area contributed by atoms with Gasteiger partial charge in [-0.05, 0) is 61.7 Å². The first-order valence-electron chi connectivity index (χ1n) is 10.1. The number of nitrogens with zero attached hydrogens (tertiary/aromatic N) is 2. The molecule has 31 heavy (non-hydrogen) atoms. The fourth-order valence-electron chi connectivity index (χ4n) is 2.81. The Morgan fingerprint density at radius 2 is 1.74 bits per heavy atom. The fraction of sp³-hybridized carbons (Fsp3) is 0.304. The molecular weight excluding hydrogens is 405 g/mol. The van der Waals surface area contributed by atoms with Crippen LogP contribution in [0.2, 0.25) is 0 Å². The number of aromatic nitrogens is 2. The highest BCUT2D eigenvalue weighted by atomic mass is 19.4. The molecule has 1 heterocycles. The van der Waals surface area contributed by atoms with Crippen molar-refractivity contribution < 1.29 is 17.9 Å². The van der Waals surface area contributed by atoms with E-state index >= 15 is 0 Å². The van der Waals surface area contributed by atoms with Crippen LogP contribution < -0.4 is 15.4 Å². The smallest absolute Gasteiger partial charge is 0.421 e. The lowest BCUT2D eigenvalue weighted by molar-refractivity contribution is -0.137. The van der Waals surface area contributed by atoms with Crippen molar-refractivity contribution in [1.29, 1.82) is 0 Å². The number of halogens is 3. The number of hydrogen-bond acceptors (Lipinski definition) is 5. The Labute approximate surface area is 179 Å². The van der Waals surface area contributed by atoms with Crippen molar-refractivity contribution in [3.05, 3.63) is 65.9 Å². The van der Waals surface area contributed by atoms with Crippen LogP contribution in [0.25, 0.3) is 0 Å². The molecule has 0 amide bonds. The predicted octanol–water partition coefficient (Wildman–Crippen LogP) is 6.72. The molecule has 0 fully saturated rings. The van der Waals surface area contributed by atoms with Crippen LogP contribution in [-0.2, 0) is 12.6 Å². The predicted molar refractivity (Wildman–Crippen MR) is 116 cm³/mol. The summed E-state index contributed by atoms with van der Waals surface area (Å²) in [4.78, 5) is 7.93. The molecule has 2 N–H and O–H groups in total. The van der Waals surface area contributed by atoms with Gasteiger partial charge in [-0.1, -0.05) is 26.0 Å². The molecule has 0 bridgehead atoms. The van der Waals surface area contributed by atoms with Gasteiger partial charge >= 0.3 is 6.18 Å². The molecule has 1 atom stereocenters. The number of nitrogens with one attached hydrogen (secondary N) is 2. The Kier molecular flexibility index (Phi) is 6.99. The Hall–Kier alpha value is -3.29. The van der Waals surface area contributed by atoms with E-state index in [1.165, 1.54) is 0 Å². The quantitative estimate of drug-likeness (QED) is 0.415. The Morgan fingerprint density at radius 3 is 2.39 bits per heavy atom. The van der Waals surface area contributed by atoms with Crippen LogP contribution in [0.5, 0.6) is 5.75 Å². The van der Waals surface area contributed by atoms with Crippen LogP contribution in [0.15, 0.2) is 54.7 Å². The van der Waals surface area contributed by atoms with Crippen molar-refractivity contribution in [1.82, 2.24) is 9.97 Å². The molecule has 0 saturated carbocycles. The van der Waals surface area contributed by atoms with E-state index in [1.54, 1.807) is 42.5 Å². The van der Waals surface area contributed by atoms with Gasteiger partial charge in [0.2, 0.25) is 5.95 Å². The van der Waals surface area contributed by atoms with E-state index < -0.39 is 11.7 Å². The van der Waals surface area contributed by atoms with Gasteiger partial charge in [0.25, 0.3) is 0 Å². The van der Waals surface area contributed by atoms with Crippen molar-refractivity contribution in [3.63, 3.8) is 0 Å². The largest absolute Gasteiger partial charge is 0.491 e. The molecule has 3 aromatic rings. The Morgan fingerprint density at radius 1 is 1.00 bits per heavy atom. The van der Waals surface area contributed by atoms with Gasteiger partial charge in [0.05, 0.1) is 6.10 Å². The van der Waals surface area contributed by atoms with Gasteiger partial charge in [-0.3, -0.25) is 0 Å². The van der Waals surface area contributed by atoms with Crippen LogP contribution in [-0.4, -0.2) is 16.1 Å². The van der Waals surface area contributed by atoms with E-state index in [4.69, 9.17) is 4.74 Å². The standard InChI is InChI=1S/C23H25F3N4O/c1-4-15(3)31-19-11-9-17(10-12-19)29-22-27-14-20(23(24,25)26)21(30-22)28-18-8-6-7-16(5-2)13-18/h6-15H,4-5H2,1-3H3,(H2,27,28,29,30). The summed E-state index contributed by atoms with van der Waals surface area (Å²) >= 11 is 0. The number of aryl methyl sites for hydroxylation is 1. The van der Waals surface area contributed by atoms with E-state index in [2.05, 4.69) is 20.6 Å². The summed E-state index contributed by atoms with van der Waals surface area (Å²) in [7, 11) is 0. The minimum absolute atomic E-state index is 0.0535. The third-order valence-corrected chi connectivity index (χ3v) is 4.71. The van der Waals surface area contributed by atoms with Gasteiger partial charge in [-0.25, -0.2) is 4.98 Å². The number of anilines is 4. The number of rotatable bonds is 8. The van der Waals surface area contributed by atoms with Crippen molar-refractivity contribution >= 4 is 23.1 Å². The highest BCUT2D eigenvalue weighted by Crippen LogP contribution is 2.35. The molecule has 1 aromatic heterocycles. The zero-order valence-electron chi connectivity index (χ0n) is 17.6. The van der Waals surface area contributed by atoms with Crippen molar-refractivity contribution in [2.75, 3.05) is 10.6 Å². The van der Waals surface area contributed by atoms with Gasteiger partial charge in [-0.2, -0.15) is 18.2 Å². The molecule has 0 aliphatic heterocycles. The van der Waals surface area contributed by atoms with Crippen LogP contribution >= 0.6 is 0 Å². The van der Waals surface area contributed by atoms with Crippen LogP contribution in [0, 0.1) is 0 Å². The van der Waals surface area contributed by atoms with Crippen molar-refractivity contribution in [3.8, 4) is 5.75 Å². The number of alkyl halides is 3. The molecule has 5 nitrogen and oxygen atoms in total. The van der Waals surface area contributed by atoms with Gasteiger partial charge in [0, 0.05) is 17.6 Å². The highest BCUT2D eigenvalue weighted by Gasteiger charge is 2.35. The first-order valence-corrected chi connectivity index (χ1v) is 10.1. The van der Waals surface area contributed by atoms with E-state index in [-0.39, 0.29) is 17.9 Å². The van der Waals surface area contributed by atoms with Crippen molar-refractivity contribution in [2.45, 2.75) is 45.9 Å². The van der Waals surface area contributed by atoms with Crippen LogP contribution in [0.4, 0.5) is 36.3 Å². The first-order chi connectivity index (χ1) is 14.8. The molecule has 164 valence electrons. The monoisotopic (exact) mass is 430 g/mol. The molecule has 1 unspecified atom stereocenters. The maximum atomic E-state index is 13.5. The molecule has 3 rings (SSSR count). The van der Waals surface area contributed by atoms with E-state index in [1.807, 2.05) is 26.8 Å². The van der Waals surface area contributed by atoms with Gasteiger partial charge < -0.3 is 15.4 Å². The summed E-state index contributed by atoms with van der Waals surface area (Å²) in [6, 6.07) is 14.3. The number of ether oxygens (including phenoxy) is 1. The third-order valence-electron chi connectivity index (χ3n) is 4.71. The minimum atomic E-state index is -4.59. The molecular formula is C23H25F3N4O. The lowest BCUT2D eigenvalue weighted by Gasteiger charge is -2.16. The Balaban J connectivity index is 1.84. The summed E-state index contributed by atoms with van der Waals surface area (Å²) < 4.78 is 46.2. The normalized spacial score (nSPS) is 12.3. The zero-order valence-corrected chi connectivity index (χ0v) is 17.6. The number of benzene rings is 2. The molecule has 0 spiro atoms. The second kappa shape index (κ2) is 9.68. The summed E-state index contributed by atoms with van der Waals surface area (Å²) in [6.45, 7) is 5.99. The lowest BCUT2D eigenvalue weighted by atomic mass is 10.1. The molecule has 8 heteroatoms. The zero-order chi connectivity index (χ0) is 22.4. The van der Waals surface area contributed by atoms with E-state index in [0.29, 0.717) is 17.1 Å². The molecule has 0 radical (unpaired) electrons. The molecule has 0 saturated heterocycles. The summed E-state index contributed by atoms with van der Waals surface area (Å²) in [5, 5.41) is 5.73. The average Bonchev–Trinajstić information content (AvgIpc) is 2.74. The van der Waals surface area contributed by atoms with E-state index in [0.717, 1.165) is 24.6 Å². The second-order valence-electron chi connectivity index (χ2n) is 7.12. The third kappa shape index (κ3) is 6.10. The average molecular weight is 430 g/mol. The van der Waals surface area contributed by atoms with Crippen LogP contribution in [0.3, 0.4) is 0 Å². The van der Waals surface area contributed by atoms with E-state index in [9.17, 15) is 13.2 Å². The summed E-state index contributed by atoms with van der Waals surface area (Å²) in [5.74, 6) is 0.458. The lowest BCUT2D eigenvalue weighted by Crippen LogP contribution is -2.12. The van der Waals surface area contributed by atoms with Gasteiger partial charge in [0.1, 0.15) is 17.1 Å². The van der Waals surface area contributed by atoms with Gasteiger partial charge in [0.15, 0.2) is 0 Å². The first kappa shape index (κ1) is 22.4. The maximum Gasteiger partial charge on any atom is 0.421 e. The fourth-order valence-corrected chi connectivity index (χ4v) is 2.81. The molecule has 0 aliphatic rings. The summed E-state index contributed by atoms with van der Waals surface area (Å²) in [5.41, 5.74) is 1.24.